The second-order valence-corrected chi connectivity index (χ2v) is 5.74. The van der Waals surface area contributed by atoms with Crippen LogP contribution in [0, 0.1) is 17.7 Å². The first kappa shape index (κ1) is 13.8. The van der Waals surface area contributed by atoms with Crippen molar-refractivity contribution in [1.82, 2.24) is 5.32 Å². The first-order chi connectivity index (χ1) is 8.70. The van der Waals surface area contributed by atoms with Crippen LogP contribution in [0.3, 0.4) is 0 Å². The summed E-state index contributed by atoms with van der Waals surface area (Å²) in [4.78, 5) is 0. The van der Waals surface area contributed by atoms with Crippen molar-refractivity contribution in [2.45, 2.75) is 32.1 Å². The fourth-order valence-electron chi connectivity index (χ4n) is 3.07. The highest BCUT2D eigenvalue weighted by molar-refractivity contribution is 6.30. The van der Waals surface area contributed by atoms with E-state index in [0.717, 1.165) is 18.5 Å². The molecule has 1 N–H and O–H groups in total. The molecule has 1 aromatic rings. The largest absolute Gasteiger partial charge is 0.319 e. The van der Waals surface area contributed by atoms with Gasteiger partial charge in [-0.05, 0) is 68.5 Å². The van der Waals surface area contributed by atoms with E-state index in [9.17, 15) is 4.39 Å². The van der Waals surface area contributed by atoms with E-state index in [-0.39, 0.29) is 5.82 Å². The maximum Gasteiger partial charge on any atom is 0.126 e. The minimum atomic E-state index is -0.117. The van der Waals surface area contributed by atoms with Gasteiger partial charge in [-0.15, -0.1) is 0 Å². The number of hydrogen-bond donors (Lipinski definition) is 1. The van der Waals surface area contributed by atoms with Gasteiger partial charge in [0.2, 0.25) is 0 Å². The van der Waals surface area contributed by atoms with Gasteiger partial charge in [0.25, 0.3) is 0 Å². The summed E-state index contributed by atoms with van der Waals surface area (Å²) in [6, 6.07) is 4.88. The Morgan fingerprint density at radius 3 is 2.72 bits per heavy atom. The van der Waals surface area contributed by atoms with Crippen molar-refractivity contribution in [3.8, 4) is 0 Å². The number of nitrogens with one attached hydrogen (secondary N) is 1. The normalized spacial score (nSPS) is 24.2. The summed E-state index contributed by atoms with van der Waals surface area (Å²) in [5.41, 5.74) is 0.774. The molecule has 2 rings (SSSR count). The molecular weight excluding hydrogens is 249 g/mol. The zero-order chi connectivity index (χ0) is 13.0. The van der Waals surface area contributed by atoms with Crippen molar-refractivity contribution in [2.75, 3.05) is 13.6 Å². The van der Waals surface area contributed by atoms with Gasteiger partial charge in [0.05, 0.1) is 0 Å². The minimum Gasteiger partial charge on any atom is -0.319 e. The SMILES string of the molecule is CNCC1CCCCC1Cc1cc(Cl)ccc1F. The molecule has 1 aliphatic rings. The quantitative estimate of drug-likeness (QED) is 0.870. The van der Waals surface area contributed by atoms with Crippen molar-refractivity contribution in [3.63, 3.8) is 0 Å². The van der Waals surface area contributed by atoms with Crippen LogP contribution in [-0.4, -0.2) is 13.6 Å². The maximum absolute atomic E-state index is 13.8. The lowest BCUT2D eigenvalue weighted by Gasteiger charge is -2.31. The Labute approximate surface area is 114 Å². The Hall–Kier alpha value is -0.600. The molecular formula is C15H21ClFN. The molecule has 0 radical (unpaired) electrons. The van der Waals surface area contributed by atoms with Crippen LogP contribution in [0.15, 0.2) is 18.2 Å². The van der Waals surface area contributed by atoms with Crippen molar-refractivity contribution in [3.05, 3.63) is 34.6 Å². The molecule has 3 heteroatoms. The van der Waals surface area contributed by atoms with Gasteiger partial charge in [0.15, 0.2) is 0 Å². The molecule has 0 bridgehead atoms. The van der Waals surface area contributed by atoms with Gasteiger partial charge < -0.3 is 5.32 Å². The summed E-state index contributed by atoms with van der Waals surface area (Å²) < 4.78 is 13.8. The summed E-state index contributed by atoms with van der Waals surface area (Å²) in [5.74, 6) is 1.13. The molecule has 18 heavy (non-hydrogen) atoms. The molecule has 1 saturated carbocycles. The topological polar surface area (TPSA) is 12.0 Å². The smallest absolute Gasteiger partial charge is 0.126 e. The lowest BCUT2D eigenvalue weighted by molar-refractivity contribution is 0.230. The molecule has 0 saturated heterocycles. The predicted molar refractivity (Wildman–Crippen MR) is 74.5 cm³/mol. The van der Waals surface area contributed by atoms with E-state index in [1.54, 1.807) is 12.1 Å². The molecule has 1 fully saturated rings. The van der Waals surface area contributed by atoms with Crippen LogP contribution in [-0.2, 0) is 6.42 Å². The van der Waals surface area contributed by atoms with Crippen molar-refractivity contribution < 1.29 is 4.39 Å². The van der Waals surface area contributed by atoms with E-state index in [1.165, 1.54) is 31.7 Å². The predicted octanol–water partition coefficient (Wildman–Crippen LogP) is 4.05. The standard InChI is InChI=1S/C15H21ClFN/c1-18-10-12-5-3-2-4-11(12)8-13-9-14(16)6-7-15(13)17/h6-7,9,11-12,18H,2-5,8,10H2,1H3. The van der Waals surface area contributed by atoms with E-state index >= 15 is 0 Å². The molecule has 0 aromatic heterocycles. The number of benzene rings is 1. The molecule has 1 nitrogen and oxygen atoms in total. The van der Waals surface area contributed by atoms with Crippen LogP contribution >= 0.6 is 11.6 Å². The van der Waals surface area contributed by atoms with Gasteiger partial charge in [-0.3, -0.25) is 0 Å². The van der Waals surface area contributed by atoms with Gasteiger partial charge in [-0.1, -0.05) is 24.4 Å². The summed E-state index contributed by atoms with van der Waals surface area (Å²) >= 11 is 5.95. The molecule has 2 atom stereocenters. The Morgan fingerprint density at radius 2 is 2.00 bits per heavy atom. The highest BCUT2D eigenvalue weighted by atomic mass is 35.5. The molecule has 0 heterocycles. The second-order valence-electron chi connectivity index (χ2n) is 5.30. The zero-order valence-electron chi connectivity index (χ0n) is 10.9. The Balaban J connectivity index is 2.08. The molecule has 0 spiro atoms. The molecule has 1 aliphatic carbocycles. The summed E-state index contributed by atoms with van der Waals surface area (Å²) in [7, 11) is 1.99. The van der Waals surface area contributed by atoms with Crippen molar-refractivity contribution >= 4 is 11.6 Å². The Kier molecular flexibility index (Phi) is 5.02. The zero-order valence-corrected chi connectivity index (χ0v) is 11.6. The Bertz CT molecular complexity index is 392. The maximum atomic E-state index is 13.8. The fraction of sp³-hybridized carbons (Fsp3) is 0.600. The second kappa shape index (κ2) is 6.53. The minimum absolute atomic E-state index is 0.117. The van der Waals surface area contributed by atoms with E-state index in [0.29, 0.717) is 16.9 Å². The first-order valence-electron chi connectivity index (χ1n) is 6.79. The van der Waals surface area contributed by atoms with Crippen LogP contribution < -0.4 is 5.32 Å². The third-order valence-corrected chi connectivity index (χ3v) is 4.26. The summed E-state index contributed by atoms with van der Waals surface area (Å²) in [6.45, 7) is 1.03. The third-order valence-electron chi connectivity index (χ3n) is 4.02. The van der Waals surface area contributed by atoms with E-state index < -0.39 is 0 Å². The van der Waals surface area contributed by atoms with Crippen molar-refractivity contribution in [1.29, 1.82) is 0 Å². The third kappa shape index (κ3) is 3.46. The average Bonchev–Trinajstić information content (AvgIpc) is 2.36. The summed E-state index contributed by atoms with van der Waals surface area (Å²) in [6.07, 6.45) is 5.86. The highest BCUT2D eigenvalue weighted by Crippen LogP contribution is 2.33. The van der Waals surface area contributed by atoms with Gasteiger partial charge in [0.1, 0.15) is 5.82 Å². The lowest BCUT2D eigenvalue weighted by Crippen LogP contribution is -2.30. The molecule has 100 valence electrons. The van der Waals surface area contributed by atoms with E-state index in [1.807, 2.05) is 7.05 Å². The molecule has 0 aliphatic heterocycles. The van der Waals surface area contributed by atoms with E-state index in [2.05, 4.69) is 5.32 Å². The van der Waals surface area contributed by atoms with Gasteiger partial charge >= 0.3 is 0 Å². The Morgan fingerprint density at radius 1 is 1.28 bits per heavy atom. The van der Waals surface area contributed by atoms with Crippen LogP contribution in [0.5, 0.6) is 0 Å². The first-order valence-corrected chi connectivity index (χ1v) is 7.17. The number of hydrogen-bond acceptors (Lipinski definition) is 1. The van der Waals surface area contributed by atoms with E-state index in [4.69, 9.17) is 11.6 Å². The summed E-state index contributed by atoms with van der Waals surface area (Å²) in [5, 5.41) is 3.89. The van der Waals surface area contributed by atoms with Crippen LogP contribution in [0.25, 0.3) is 0 Å². The molecule has 1 aromatic carbocycles. The number of rotatable bonds is 4. The fourth-order valence-corrected chi connectivity index (χ4v) is 3.26. The van der Waals surface area contributed by atoms with Crippen molar-refractivity contribution in [2.24, 2.45) is 11.8 Å². The average molecular weight is 270 g/mol. The monoisotopic (exact) mass is 269 g/mol. The van der Waals surface area contributed by atoms with Crippen LogP contribution in [0.4, 0.5) is 4.39 Å². The van der Waals surface area contributed by atoms with Gasteiger partial charge in [-0.2, -0.15) is 0 Å². The molecule has 0 amide bonds. The molecule has 2 unspecified atom stereocenters. The van der Waals surface area contributed by atoms with Crippen LogP contribution in [0.1, 0.15) is 31.2 Å². The van der Waals surface area contributed by atoms with Gasteiger partial charge in [0, 0.05) is 5.02 Å². The highest BCUT2D eigenvalue weighted by Gasteiger charge is 2.25. The van der Waals surface area contributed by atoms with Crippen LogP contribution in [0.2, 0.25) is 5.02 Å². The van der Waals surface area contributed by atoms with Gasteiger partial charge in [-0.25, -0.2) is 4.39 Å². The number of halogens is 2. The lowest BCUT2D eigenvalue weighted by atomic mass is 9.76.